The Kier molecular flexibility index (Phi) is 5.07. The van der Waals surface area contributed by atoms with Crippen molar-refractivity contribution in [1.82, 2.24) is 5.32 Å². The molecule has 0 saturated carbocycles. The van der Waals surface area contributed by atoms with Crippen molar-refractivity contribution in [1.29, 1.82) is 0 Å². The largest absolute Gasteiger partial charge is 0.304 e. The van der Waals surface area contributed by atoms with E-state index in [1.165, 1.54) is 17.7 Å². The van der Waals surface area contributed by atoms with Gasteiger partial charge in [-0.2, -0.15) is 0 Å². The molecule has 1 nitrogen and oxygen atoms in total. The van der Waals surface area contributed by atoms with Crippen LogP contribution in [0, 0.1) is 11.6 Å². The molecule has 2 atom stereocenters. The molecule has 2 aromatic carbocycles. The highest BCUT2D eigenvalue weighted by molar-refractivity contribution is 5.26. The number of aryl methyl sites for hydroxylation is 1. The predicted molar refractivity (Wildman–Crippen MR) is 82.1 cm³/mol. The summed E-state index contributed by atoms with van der Waals surface area (Å²) < 4.78 is 26.5. The third-order valence-corrected chi connectivity index (χ3v) is 3.77. The lowest BCUT2D eigenvalue weighted by Crippen LogP contribution is -2.22. The van der Waals surface area contributed by atoms with E-state index in [2.05, 4.69) is 36.5 Å². The highest BCUT2D eigenvalue weighted by atomic mass is 19.1. The molecule has 0 aliphatic carbocycles. The van der Waals surface area contributed by atoms with Crippen molar-refractivity contribution in [2.75, 3.05) is 0 Å². The topological polar surface area (TPSA) is 12.0 Å². The van der Waals surface area contributed by atoms with Gasteiger partial charge in [0.15, 0.2) is 0 Å². The van der Waals surface area contributed by atoms with Crippen molar-refractivity contribution in [3.63, 3.8) is 0 Å². The smallest absolute Gasteiger partial charge is 0.126 e. The molecular formula is C18H21F2N. The van der Waals surface area contributed by atoms with E-state index in [4.69, 9.17) is 0 Å². The fourth-order valence-corrected chi connectivity index (χ4v) is 2.43. The van der Waals surface area contributed by atoms with Crippen LogP contribution in [0.2, 0.25) is 0 Å². The first-order valence-corrected chi connectivity index (χ1v) is 7.30. The molecule has 0 aromatic heterocycles. The van der Waals surface area contributed by atoms with Gasteiger partial charge in [-0.05, 0) is 49.1 Å². The molecule has 1 N–H and O–H groups in total. The second-order valence-electron chi connectivity index (χ2n) is 5.41. The second kappa shape index (κ2) is 6.81. The van der Waals surface area contributed by atoms with E-state index < -0.39 is 11.6 Å². The molecule has 0 radical (unpaired) electrons. The minimum atomic E-state index is -0.543. The standard InChI is InChI=1S/C18H21F2N/c1-4-14-5-7-15(8-6-14)12(2)21-13(3)16-9-17(19)11-18(20)10-16/h5-13,21H,4H2,1-3H3. The number of benzene rings is 2. The van der Waals surface area contributed by atoms with E-state index in [1.54, 1.807) is 0 Å². The SMILES string of the molecule is CCc1ccc(C(C)NC(C)c2cc(F)cc(F)c2)cc1. The Balaban J connectivity index is 2.08. The molecule has 0 fully saturated rings. The van der Waals surface area contributed by atoms with Gasteiger partial charge in [0.1, 0.15) is 11.6 Å². The Morgan fingerprint density at radius 2 is 1.38 bits per heavy atom. The molecule has 3 heteroatoms. The van der Waals surface area contributed by atoms with Gasteiger partial charge in [-0.3, -0.25) is 0 Å². The molecule has 0 bridgehead atoms. The molecule has 0 aliphatic rings. The van der Waals surface area contributed by atoms with Gasteiger partial charge in [0, 0.05) is 18.2 Å². The van der Waals surface area contributed by atoms with E-state index in [9.17, 15) is 8.78 Å². The van der Waals surface area contributed by atoms with E-state index in [0.29, 0.717) is 5.56 Å². The Morgan fingerprint density at radius 1 is 0.857 bits per heavy atom. The highest BCUT2D eigenvalue weighted by Gasteiger charge is 2.13. The molecule has 0 saturated heterocycles. The molecule has 21 heavy (non-hydrogen) atoms. The zero-order chi connectivity index (χ0) is 15.4. The molecule has 0 aliphatic heterocycles. The van der Waals surface area contributed by atoms with Gasteiger partial charge in [0.05, 0.1) is 0 Å². The van der Waals surface area contributed by atoms with Crippen molar-refractivity contribution < 1.29 is 8.78 Å². The van der Waals surface area contributed by atoms with Crippen LogP contribution in [0.1, 0.15) is 49.5 Å². The number of rotatable bonds is 5. The van der Waals surface area contributed by atoms with E-state index in [0.717, 1.165) is 18.1 Å². The van der Waals surface area contributed by atoms with Gasteiger partial charge in [0.2, 0.25) is 0 Å². The summed E-state index contributed by atoms with van der Waals surface area (Å²) in [7, 11) is 0. The number of halogens is 2. The number of nitrogens with one attached hydrogen (secondary N) is 1. The predicted octanol–water partition coefficient (Wildman–Crippen LogP) is 4.94. The first-order chi connectivity index (χ1) is 9.99. The van der Waals surface area contributed by atoms with E-state index in [1.807, 2.05) is 13.8 Å². The fraction of sp³-hybridized carbons (Fsp3) is 0.333. The average Bonchev–Trinajstić information content (AvgIpc) is 2.46. The van der Waals surface area contributed by atoms with Crippen LogP contribution >= 0.6 is 0 Å². The van der Waals surface area contributed by atoms with Crippen LogP contribution < -0.4 is 5.32 Å². The van der Waals surface area contributed by atoms with Crippen LogP contribution in [-0.4, -0.2) is 0 Å². The van der Waals surface area contributed by atoms with Gasteiger partial charge >= 0.3 is 0 Å². The Hall–Kier alpha value is -1.74. The maximum Gasteiger partial charge on any atom is 0.126 e. The van der Waals surface area contributed by atoms with Crippen molar-refractivity contribution in [2.24, 2.45) is 0 Å². The fourth-order valence-electron chi connectivity index (χ4n) is 2.43. The van der Waals surface area contributed by atoms with Crippen molar-refractivity contribution in [3.8, 4) is 0 Å². The number of hydrogen-bond donors (Lipinski definition) is 1. The highest BCUT2D eigenvalue weighted by Crippen LogP contribution is 2.21. The van der Waals surface area contributed by atoms with Crippen molar-refractivity contribution in [2.45, 2.75) is 39.3 Å². The van der Waals surface area contributed by atoms with Crippen LogP contribution in [0.5, 0.6) is 0 Å². The second-order valence-corrected chi connectivity index (χ2v) is 5.41. The number of hydrogen-bond acceptors (Lipinski definition) is 1. The Labute approximate surface area is 125 Å². The van der Waals surface area contributed by atoms with Crippen molar-refractivity contribution in [3.05, 3.63) is 70.8 Å². The van der Waals surface area contributed by atoms with Crippen LogP contribution in [-0.2, 0) is 6.42 Å². The average molecular weight is 289 g/mol. The zero-order valence-electron chi connectivity index (χ0n) is 12.7. The summed E-state index contributed by atoms with van der Waals surface area (Å²) >= 11 is 0. The maximum absolute atomic E-state index is 13.3. The first kappa shape index (κ1) is 15.6. The zero-order valence-corrected chi connectivity index (χ0v) is 12.7. The molecule has 0 amide bonds. The lowest BCUT2D eigenvalue weighted by atomic mass is 10.0. The molecule has 0 spiro atoms. The molecule has 2 unspecified atom stereocenters. The Morgan fingerprint density at radius 3 is 1.90 bits per heavy atom. The third kappa shape index (κ3) is 4.11. The van der Waals surface area contributed by atoms with Gasteiger partial charge in [-0.25, -0.2) is 8.78 Å². The summed E-state index contributed by atoms with van der Waals surface area (Å²) in [6, 6.07) is 12.0. The van der Waals surface area contributed by atoms with Gasteiger partial charge in [-0.15, -0.1) is 0 Å². The van der Waals surface area contributed by atoms with E-state index in [-0.39, 0.29) is 12.1 Å². The molecular weight excluding hydrogens is 268 g/mol. The van der Waals surface area contributed by atoms with Crippen molar-refractivity contribution >= 4 is 0 Å². The van der Waals surface area contributed by atoms with Gasteiger partial charge < -0.3 is 5.32 Å². The summed E-state index contributed by atoms with van der Waals surface area (Å²) in [6.45, 7) is 6.08. The molecule has 2 rings (SSSR count). The lowest BCUT2D eigenvalue weighted by Gasteiger charge is -2.21. The Bertz CT molecular complexity index is 572. The van der Waals surface area contributed by atoms with Crippen LogP contribution in [0.4, 0.5) is 8.78 Å². The molecule has 2 aromatic rings. The van der Waals surface area contributed by atoms with E-state index >= 15 is 0 Å². The van der Waals surface area contributed by atoms with Crippen LogP contribution in [0.3, 0.4) is 0 Å². The van der Waals surface area contributed by atoms with Crippen LogP contribution in [0.15, 0.2) is 42.5 Å². The summed E-state index contributed by atoms with van der Waals surface area (Å²) in [5, 5.41) is 3.37. The summed E-state index contributed by atoms with van der Waals surface area (Å²) in [6.07, 6.45) is 1.01. The first-order valence-electron chi connectivity index (χ1n) is 7.30. The van der Waals surface area contributed by atoms with Gasteiger partial charge in [0.25, 0.3) is 0 Å². The summed E-state index contributed by atoms with van der Waals surface area (Å²) in [5.74, 6) is -1.09. The van der Waals surface area contributed by atoms with Crippen LogP contribution in [0.25, 0.3) is 0 Å². The minimum Gasteiger partial charge on any atom is -0.304 e. The monoisotopic (exact) mass is 289 g/mol. The minimum absolute atomic E-state index is 0.109. The third-order valence-electron chi connectivity index (χ3n) is 3.77. The summed E-state index contributed by atoms with van der Waals surface area (Å²) in [5.41, 5.74) is 3.08. The summed E-state index contributed by atoms with van der Waals surface area (Å²) in [4.78, 5) is 0. The molecule has 0 heterocycles. The quantitative estimate of drug-likeness (QED) is 0.822. The molecule has 112 valence electrons. The van der Waals surface area contributed by atoms with Gasteiger partial charge in [-0.1, -0.05) is 31.2 Å². The normalized spacial score (nSPS) is 14.0. The lowest BCUT2D eigenvalue weighted by molar-refractivity contribution is 0.487. The maximum atomic E-state index is 13.3.